The molecule has 2 aromatic carbocycles. The normalized spacial score (nSPS) is 18.0. The Balaban J connectivity index is 1.89. The van der Waals surface area contributed by atoms with Gasteiger partial charge in [-0.05, 0) is 25.1 Å². The topological polar surface area (TPSA) is 20.3 Å². The Morgan fingerprint density at radius 2 is 1.90 bits per heavy atom. The van der Waals surface area contributed by atoms with Crippen LogP contribution < -0.4 is 0 Å². The van der Waals surface area contributed by atoms with Crippen molar-refractivity contribution in [1.82, 2.24) is 4.90 Å². The largest absolute Gasteiger partial charge is 0.322 e. The highest BCUT2D eigenvalue weighted by Crippen LogP contribution is 2.39. The number of halogens is 1. The van der Waals surface area contributed by atoms with Crippen molar-refractivity contribution >= 4 is 17.7 Å². The first-order chi connectivity index (χ1) is 10.2. The van der Waals surface area contributed by atoms with Gasteiger partial charge in [0, 0.05) is 23.4 Å². The molecule has 0 spiro atoms. The molecular formula is C17H16FNOS. The molecule has 0 aromatic heterocycles. The molecule has 21 heavy (non-hydrogen) atoms. The Morgan fingerprint density at radius 3 is 2.62 bits per heavy atom. The first-order valence-electron chi connectivity index (χ1n) is 6.90. The molecule has 2 nitrogen and oxygen atoms in total. The van der Waals surface area contributed by atoms with E-state index in [0.29, 0.717) is 17.7 Å². The quantitative estimate of drug-likeness (QED) is 0.835. The van der Waals surface area contributed by atoms with E-state index < -0.39 is 0 Å². The van der Waals surface area contributed by atoms with Crippen LogP contribution in [0.4, 0.5) is 4.39 Å². The average Bonchev–Trinajstić information content (AvgIpc) is 2.97. The molecule has 1 amide bonds. The zero-order valence-electron chi connectivity index (χ0n) is 11.8. The molecule has 1 aliphatic rings. The van der Waals surface area contributed by atoms with Crippen LogP contribution in [0.2, 0.25) is 0 Å². The van der Waals surface area contributed by atoms with Crippen molar-refractivity contribution in [2.75, 3.05) is 12.3 Å². The summed E-state index contributed by atoms with van der Waals surface area (Å²) in [6, 6.07) is 14.2. The van der Waals surface area contributed by atoms with Crippen LogP contribution in [0, 0.1) is 12.7 Å². The summed E-state index contributed by atoms with van der Waals surface area (Å²) < 4.78 is 14.0. The molecule has 1 heterocycles. The number of hydrogen-bond donors (Lipinski definition) is 0. The van der Waals surface area contributed by atoms with Crippen LogP contribution in [0.25, 0.3) is 0 Å². The minimum atomic E-state index is -0.251. The number of nitrogens with zero attached hydrogens (tertiary/aromatic N) is 1. The van der Waals surface area contributed by atoms with Crippen molar-refractivity contribution < 1.29 is 9.18 Å². The van der Waals surface area contributed by atoms with E-state index in [2.05, 4.69) is 0 Å². The smallest absolute Gasteiger partial charge is 0.255 e. The van der Waals surface area contributed by atoms with Gasteiger partial charge < -0.3 is 4.90 Å². The van der Waals surface area contributed by atoms with Crippen molar-refractivity contribution in [2.45, 2.75) is 12.3 Å². The van der Waals surface area contributed by atoms with Crippen molar-refractivity contribution in [3.63, 3.8) is 0 Å². The van der Waals surface area contributed by atoms with E-state index >= 15 is 0 Å². The average molecular weight is 301 g/mol. The van der Waals surface area contributed by atoms with Gasteiger partial charge in [0.1, 0.15) is 11.2 Å². The van der Waals surface area contributed by atoms with Crippen molar-refractivity contribution in [1.29, 1.82) is 0 Å². The number of benzene rings is 2. The number of amides is 1. The standard InChI is InChI=1S/C17H16FNOS/c1-12-6-8-13(9-7-12)16(20)19-10-11-21-17(19)14-4-2-3-5-15(14)18/h2-9,17H,10-11H2,1H3/t17-/m1/s1. The predicted octanol–water partition coefficient (Wildman–Crippen LogP) is 4.02. The van der Waals surface area contributed by atoms with E-state index in [0.717, 1.165) is 11.3 Å². The Kier molecular flexibility index (Phi) is 3.97. The van der Waals surface area contributed by atoms with Crippen LogP contribution in [0.3, 0.4) is 0 Å². The molecular weight excluding hydrogens is 285 g/mol. The molecule has 0 aliphatic carbocycles. The minimum absolute atomic E-state index is 0.0340. The van der Waals surface area contributed by atoms with Gasteiger partial charge in [-0.15, -0.1) is 11.8 Å². The maximum absolute atomic E-state index is 14.0. The molecule has 0 N–H and O–H groups in total. The van der Waals surface area contributed by atoms with E-state index in [9.17, 15) is 9.18 Å². The molecule has 1 saturated heterocycles. The molecule has 1 fully saturated rings. The van der Waals surface area contributed by atoms with Gasteiger partial charge in [-0.1, -0.05) is 35.9 Å². The summed E-state index contributed by atoms with van der Waals surface area (Å²) in [4.78, 5) is 14.4. The highest BCUT2D eigenvalue weighted by Gasteiger charge is 2.32. The van der Waals surface area contributed by atoms with Crippen molar-refractivity contribution in [3.05, 3.63) is 71.0 Å². The molecule has 0 bridgehead atoms. The highest BCUT2D eigenvalue weighted by atomic mass is 32.2. The maximum Gasteiger partial charge on any atom is 0.255 e. The van der Waals surface area contributed by atoms with Gasteiger partial charge in [-0.3, -0.25) is 4.79 Å². The van der Waals surface area contributed by atoms with Gasteiger partial charge in [0.05, 0.1) is 0 Å². The lowest BCUT2D eigenvalue weighted by molar-refractivity contribution is 0.0759. The number of carbonyl (C=O) groups is 1. The van der Waals surface area contributed by atoms with Crippen molar-refractivity contribution in [2.24, 2.45) is 0 Å². The fourth-order valence-electron chi connectivity index (χ4n) is 2.47. The molecule has 0 saturated carbocycles. The summed E-state index contributed by atoms with van der Waals surface area (Å²) in [5, 5.41) is -0.236. The molecule has 4 heteroatoms. The van der Waals surface area contributed by atoms with Crippen LogP contribution in [0.5, 0.6) is 0 Å². The maximum atomic E-state index is 14.0. The summed E-state index contributed by atoms with van der Waals surface area (Å²) in [6.45, 7) is 2.64. The number of rotatable bonds is 2. The molecule has 0 unspecified atom stereocenters. The molecule has 3 rings (SSSR count). The highest BCUT2D eigenvalue weighted by molar-refractivity contribution is 7.99. The van der Waals surface area contributed by atoms with Crippen LogP contribution in [-0.4, -0.2) is 23.1 Å². The number of thioether (sulfide) groups is 1. The minimum Gasteiger partial charge on any atom is -0.322 e. The number of hydrogen-bond acceptors (Lipinski definition) is 2. The zero-order valence-corrected chi connectivity index (χ0v) is 12.6. The first kappa shape index (κ1) is 14.1. The summed E-state index contributed by atoms with van der Waals surface area (Å²) in [7, 11) is 0. The Labute approximate surface area is 128 Å². The lowest BCUT2D eigenvalue weighted by atomic mass is 10.1. The third-order valence-electron chi connectivity index (χ3n) is 3.62. The van der Waals surface area contributed by atoms with Gasteiger partial charge in [-0.2, -0.15) is 0 Å². The van der Waals surface area contributed by atoms with Crippen LogP contribution in [0.1, 0.15) is 26.9 Å². The van der Waals surface area contributed by atoms with E-state index in [-0.39, 0.29) is 17.1 Å². The van der Waals surface area contributed by atoms with Crippen molar-refractivity contribution in [3.8, 4) is 0 Å². The Hall–Kier alpha value is -1.81. The van der Waals surface area contributed by atoms with Gasteiger partial charge >= 0.3 is 0 Å². The second kappa shape index (κ2) is 5.90. The van der Waals surface area contributed by atoms with Gasteiger partial charge in [0.15, 0.2) is 0 Å². The monoisotopic (exact) mass is 301 g/mol. The SMILES string of the molecule is Cc1ccc(C(=O)N2CCS[C@@H]2c2ccccc2F)cc1. The lowest BCUT2D eigenvalue weighted by Crippen LogP contribution is -2.30. The van der Waals surface area contributed by atoms with Gasteiger partial charge in [0.2, 0.25) is 0 Å². The summed E-state index contributed by atoms with van der Waals surface area (Å²) in [5.74, 6) is 0.545. The summed E-state index contributed by atoms with van der Waals surface area (Å²) in [5.41, 5.74) is 2.36. The van der Waals surface area contributed by atoms with E-state index in [1.165, 1.54) is 6.07 Å². The van der Waals surface area contributed by atoms with Gasteiger partial charge in [-0.25, -0.2) is 4.39 Å². The predicted molar refractivity (Wildman–Crippen MR) is 83.8 cm³/mol. The third kappa shape index (κ3) is 2.81. The zero-order chi connectivity index (χ0) is 14.8. The third-order valence-corrected chi connectivity index (χ3v) is 4.86. The fourth-order valence-corrected chi connectivity index (χ4v) is 3.75. The Bertz CT molecular complexity index is 656. The molecule has 1 atom stereocenters. The molecule has 2 aromatic rings. The second-order valence-electron chi connectivity index (χ2n) is 5.11. The summed E-state index contributed by atoms with van der Waals surface area (Å²) in [6.07, 6.45) is 0. The first-order valence-corrected chi connectivity index (χ1v) is 7.95. The van der Waals surface area contributed by atoms with E-state index in [1.807, 2.05) is 37.3 Å². The van der Waals surface area contributed by atoms with E-state index in [4.69, 9.17) is 0 Å². The molecule has 0 radical (unpaired) electrons. The van der Waals surface area contributed by atoms with E-state index in [1.54, 1.807) is 28.8 Å². The van der Waals surface area contributed by atoms with Gasteiger partial charge in [0.25, 0.3) is 5.91 Å². The lowest BCUT2D eigenvalue weighted by Gasteiger charge is -2.24. The Morgan fingerprint density at radius 1 is 1.19 bits per heavy atom. The number of aryl methyl sites for hydroxylation is 1. The molecule has 1 aliphatic heterocycles. The van der Waals surface area contributed by atoms with Crippen LogP contribution in [0.15, 0.2) is 48.5 Å². The fraction of sp³-hybridized carbons (Fsp3) is 0.235. The van der Waals surface area contributed by atoms with Crippen LogP contribution >= 0.6 is 11.8 Å². The molecule has 108 valence electrons. The second-order valence-corrected chi connectivity index (χ2v) is 6.30. The summed E-state index contributed by atoms with van der Waals surface area (Å²) >= 11 is 1.61. The number of carbonyl (C=O) groups excluding carboxylic acids is 1. The van der Waals surface area contributed by atoms with Crippen LogP contribution in [-0.2, 0) is 0 Å².